The summed E-state index contributed by atoms with van der Waals surface area (Å²) in [7, 11) is -2.25. The number of carbonyl (C=O) groups excluding carboxylic acids is 2. The highest BCUT2D eigenvalue weighted by atomic mass is 32.2. The Morgan fingerprint density at radius 1 is 0.943 bits per heavy atom. The lowest BCUT2D eigenvalue weighted by molar-refractivity contribution is -0.132. The number of nitrogens with one attached hydrogen (secondary N) is 2. The standard InChI is InChI=1S/C39H41N7O6S/c1-51-22-23-52-32-11-8-29(9-12-32)36-33-24-31(10-13-34(33)43-44-36)42-38(48)39(53(2,49)50)16-21-45(26-39)25-35(47)46-19-14-28(15-20-46)27-4-6-30(7-5-27)37-40-17-3-18-41-37/h3-14,17-18,24H,15-16,19-23,25-26H2,1-2H3,(H,42,48)(H,43,44)/t39-/m0/s1. The van der Waals surface area contributed by atoms with Crippen molar-refractivity contribution in [3.8, 4) is 28.4 Å². The molecule has 2 aliphatic rings. The minimum atomic E-state index is -3.87. The Bertz CT molecular complexity index is 2240. The SMILES string of the molecule is COCCOc1ccc(-c2n[nH]c3ccc(NC(=O)[C@]4(S(C)(=O)=O)CCN(CC(=O)N5CC=C(c6ccc(-c7ncccn7)cc6)CC5)C4)cc23)cc1. The molecule has 1 atom stereocenters. The molecule has 2 aromatic heterocycles. The summed E-state index contributed by atoms with van der Waals surface area (Å²) in [6, 6.07) is 22.7. The van der Waals surface area contributed by atoms with E-state index in [4.69, 9.17) is 9.47 Å². The van der Waals surface area contributed by atoms with Gasteiger partial charge in [0.1, 0.15) is 12.4 Å². The van der Waals surface area contributed by atoms with E-state index in [2.05, 4.69) is 31.6 Å². The zero-order valence-electron chi connectivity index (χ0n) is 29.6. The first-order valence-electron chi connectivity index (χ1n) is 17.4. The van der Waals surface area contributed by atoms with Crippen molar-refractivity contribution in [1.82, 2.24) is 30.0 Å². The molecule has 3 aromatic carbocycles. The van der Waals surface area contributed by atoms with Gasteiger partial charge in [0.2, 0.25) is 11.8 Å². The molecule has 0 radical (unpaired) electrons. The second-order valence-corrected chi connectivity index (χ2v) is 15.7. The Morgan fingerprint density at radius 2 is 1.68 bits per heavy atom. The van der Waals surface area contributed by atoms with Crippen LogP contribution in [0.1, 0.15) is 18.4 Å². The summed E-state index contributed by atoms with van der Waals surface area (Å²) in [5.41, 5.74) is 5.91. The average Bonchev–Trinajstić information content (AvgIpc) is 3.81. The normalized spacial score (nSPS) is 17.8. The van der Waals surface area contributed by atoms with Gasteiger partial charge < -0.3 is 19.7 Å². The molecule has 1 saturated heterocycles. The molecule has 14 heteroatoms. The molecule has 13 nitrogen and oxygen atoms in total. The molecule has 2 N–H and O–H groups in total. The lowest BCUT2D eigenvalue weighted by Crippen LogP contribution is -2.52. The Morgan fingerprint density at radius 3 is 2.38 bits per heavy atom. The van der Waals surface area contributed by atoms with Crippen molar-refractivity contribution in [1.29, 1.82) is 0 Å². The van der Waals surface area contributed by atoms with Gasteiger partial charge in [0.15, 0.2) is 20.4 Å². The van der Waals surface area contributed by atoms with E-state index in [1.54, 1.807) is 53.6 Å². The van der Waals surface area contributed by atoms with Crippen LogP contribution in [0, 0.1) is 0 Å². The van der Waals surface area contributed by atoms with E-state index in [0.717, 1.165) is 39.4 Å². The van der Waals surface area contributed by atoms with E-state index in [9.17, 15) is 18.0 Å². The topological polar surface area (TPSA) is 160 Å². The molecule has 2 aliphatic heterocycles. The number of benzene rings is 3. The van der Waals surface area contributed by atoms with Crippen LogP contribution in [-0.2, 0) is 24.2 Å². The predicted molar refractivity (Wildman–Crippen MR) is 203 cm³/mol. The minimum absolute atomic E-state index is 0.0278. The molecular formula is C39H41N7O6S. The quantitative estimate of drug-likeness (QED) is 0.175. The molecule has 0 bridgehead atoms. The van der Waals surface area contributed by atoms with Gasteiger partial charge >= 0.3 is 0 Å². The number of likely N-dealkylation sites (tertiary alicyclic amines) is 1. The largest absolute Gasteiger partial charge is 0.491 e. The fraction of sp³-hybridized carbons (Fsp3) is 0.308. The Hall–Kier alpha value is -5.44. The molecule has 2 amide bonds. The van der Waals surface area contributed by atoms with Crippen LogP contribution in [-0.4, -0.2) is 114 Å². The van der Waals surface area contributed by atoms with Gasteiger partial charge in [0.05, 0.1) is 24.4 Å². The van der Waals surface area contributed by atoms with E-state index >= 15 is 0 Å². The molecule has 5 aromatic rings. The van der Waals surface area contributed by atoms with E-state index in [1.807, 2.05) is 48.5 Å². The molecular weight excluding hydrogens is 695 g/mol. The summed E-state index contributed by atoms with van der Waals surface area (Å²) in [6.07, 6.45) is 7.35. The molecule has 0 aliphatic carbocycles. The number of ether oxygens (including phenoxy) is 2. The summed E-state index contributed by atoms with van der Waals surface area (Å²) >= 11 is 0. The highest BCUT2D eigenvalue weighted by Crippen LogP contribution is 2.34. The molecule has 4 heterocycles. The first kappa shape index (κ1) is 35.9. The van der Waals surface area contributed by atoms with Crippen LogP contribution >= 0.6 is 0 Å². The van der Waals surface area contributed by atoms with Crippen LogP contribution in [0.4, 0.5) is 5.69 Å². The fourth-order valence-electron chi connectivity index (χ4n) is 6.89. The van der Waals surface area contributed by atoms with Crippen LogP contribution in [0.15, 0.2) is 91.3 Å². The van der Waals surface area contributed by atoms with Gasteiger partial charge in [0.25, 0.3) is 0 Å². The number of amides is 2. The number of methoxy groups -OCH3 is 1. The minimum Gasteiger partial charge on any atom is -0.491 e. The molecule has 0 unspecified atom stereocenters. The van der Waals surface area contributed by atoms with Crippen LogP contribution in [0.3, 0.4) is 0 Å². The molecule has 7 rings (SSSR count). The Balaban J connectivity index is 0.988. The number of fused-ring (bicyclic) bond motifs is 1. The van der Waals surface area contributed by atoms with Crippen LogP contribution in [0.25, 0.3) is 39.1 Å². The predicted octanol–water partition coefficient (Wildman–Crippen LogP) is 4.46. The number of sulfone groups is 1. The molecule has 0 spiro atoms. The van der Waals surface area contributed by atoms with Gasteiger partial charge in [-0.1, -0.05) is 30.3 Å². The van der Waals surface area contributed by atoms with Crippen molar-refractivity contribution in [3.05, 3.63) is 96.8 Å². The van der Waals surface area contributed by atoms with Gasteiger partial charge in [0, 0.05) is 74.1 Å². The second-order valence-electron chi connectivity index (χ2n) is 13.3. The highest BCUT2D eigenvalue weighted by molar-refractivity contribution is 7.93. The number of nitrogens with zero attached hydrogens (tertiary/aromatic N) is 5. The third-order valence-corrected chi connectivity index (χ3v) is 11.9. The lowest BCUT2D eigenvalue weighted by Gasteiger charge is -2.29. The lowest BCUT2D eigenvalue weighted by atomic mass is 9.98. The van der Waals surface area contributed by atoms with Crippen molar-refractivity contribution in [2.45, 2.75) is 17.6 Å². The molecule has 274 valence electrons. The van der Waals surface area contributed by atoms with Crippen LogP contribution in [0.5, 0.6) is 5.75 Å². The summed E-state index contributed by atoms with van der Waals surface area (Å²) in [5.74, 6) is 0.652. The maximum absolute atomic E-state index is 13.9. The van der Waals surface area contributed by atoms with Crippen molar-refractivity contribution >= 4 is 43.8 Å². The zero-order valence-corrected chi connectivity index (χ0v) is 30.4. The highest BCUT2D eigenvalue weighted by Gasteiger charge is 2.53. The number of anilines is 1. The van der Waals surface area contributed by atoms with Crippen molar-refractivity contribution in [2.24, 2.45) is 0 Å². The summed E-state index contributed by atoms with van der Waals surface area (Å²) in [5, 5.41) is 11.1. The number of hydrogen-bond donors (Lipinski definition) is 2. The van der Waals surface area contributed by atoms with Crippen molar-refractivity contribution < 1.29 is 27.5 Å². The van der Waals surface area contributed by atoms with Gasteiger partial charge in [-0.15, -0.1) is 0 Å². The summed E-state index contributed by atoms with van der Waals surface area (Å²) < 4.78 is 35.6. The molecule has 53 heavy (non-hydrogen) atoms. The van der Waals surface area contributed by atoms with E-state index in [0.29, 0.717) is 62.2 Å². The monoisotopic (exact) mass is 735 g/mol. The third kappa shape index (κ3) is 7.70. The molecule has 1 fully saturated rings. The van der Waals surface area contributed by atoms with E-state index in [-0.39, 0.29) is 25.4 Å². The number of hydrogen-bond acceptors (Lipinski definition) is 10. The van der Waals surface area contributed by atoms with E-state index < -0.39 is 20.5 Å². The van der Waals surface area contributed by atoms with Crippen LogP contribution in [0.2, 0.25) is 0 Å². The van der Waals surface area contributed by atoms with Crippen LogP contribution < -0.4 is 10.1 Å². The van der Waals surface area contributed by atoms with E-state index in [1.165, 1.54) is 0 Å². The first-order valence-corrected chi connectivity index (χ1v) is 19.3. The number of aromatic amines is 1. The zero-order chi connectivity index (χ0) is 37.0. The number of rotatable bonds is 12. The Kier molecular flexibility index (Phi) is 10.4. The Labute approximate surface area is 308 Å². The maximum atomic E-state index is 13.9. The average molecular weight is 736 g/mol. The first-order chi connectivity index (χ1) is 25.6. The smallest absolute Gasteiger partial charge is 0.247 e. The van der Waals surface area contributed by atoms with Crippen molar-refractivity contribution in [2.75, 3.05) is 64.6 Å². The van der Waals surface area contributed by atoms with Gasteiger partial charge in [-0.2, -0.15) is 5.10 Å². The van der Waals surface area contributed by atoms with Gasteiger partial charge in [-0.3, -0.25) is 19.6 Å². The maximum Gasteiger partial charge on any atom is 0.247 e. The fourth-order valence-corrected chi connectivity index (χ4v) is 8.16. The number of carbonyl (C=O) groups is 2. The summed E-state index contributed by atoms with van der Waals surface area (Å²) in [6.45, 7) is 2.17. The second kappa shape index (κ2) is 15.3. The number of H-pyrrole nitrogens is 1. The van der Waals surface area contributed by atoms with Gasteiger partial charge in [-0.05, 0) is 72.5 Å². The van der Waals surface area contributed by atoms with Crippen molar-refractivity contribution in [3.63, 3.8) is 0 Å². The third-order valence-electron chi connectivity index (χ3n) is 9.94. The summed E-state index contributed by atoms with van der Waals surface area (Å²) in [4.78, 5) is 39.5. The molecule has 0 saturated carbocycles. The van der Waals surface area contributed by atoms with Gasteiger partial charge in [-0.25, -0.2) is 18.4 Å². The number of aromatic nitrogens is 4.